The normalized spacial score (nSPS) is 15.4. The zero-order chi connectivity index (χ0) is 19.4. The Balaban J connectivity index is 1.69. The van der Waals surface area contributed by atoms with Gasteiger partial charge in [0, 0.05) is 28.4 Å². The first-order valence-electron chi connectivity index (χ1n) is 8.46. The maximum absolute atomic E-state index is 12.9. The fourth-order valence-electron chi connectivity index (χ4n) is 2.65. The summed E-state index contributed by atoms with van der Waals surface area (Å²) in [4.78, 5) is 25.8. The van der Waals surface area contributed by atoms with Crippen LogP contribution in [0.3, 0.4) is 0 Å². The number of carbonyl (C=O) groups excluding carboxylic acids is 2. The molecule has 1 aromatic heterocycles. The Kier molecular flexibility index (Phi) is 6.23. The SMILES string of the molecule is C[C@@H](CC(=O)NCc1cccs1)S(=O)(=O)c1ccc2c(c1)NC(=O)CCS2. The van der Waals surface area contributed by atoms with E-state index in [4.69, 9.17) is 0 Å². The van der Waals surface area contributed by atoms with E-state index in [1.807, 2.05) is 17.5 Å². The number of benzene rings is 1. The van der Waals surface area contributed by atoms with Gasteiger partial charge in [-0.3, -0.25) is 9.59 Å². The minimum Gasteiger partial charge on any atom is -0.351 e. The van der Waals surface area contributed by atoms with Crippen molar-refractivity contribution in [2.45, 2.75) is 41.4 Å². The van der Waals surface area contributed by atoms with Gasteiger partial charge in [0.25, 0.3) is 0 Å². The largest absolute Gasteiger partial charge is 0.351 e. The highest BCUT2D eigenvalue weighted by Crippen LogP contribution is 2.33. The highest BCUT2D eigenvalue weighted by molar-refractivity contribution is 7.99. The van der Waals surface area contributed by atoms with E-state index in [9.17, 15) is 18.0 Å². The standard InChI is InChI=1S/C18H20N2O4S3/c1-12(9-18(22)19-11-13-3-2-7-25-13)27(23,24)14-4-5-16-15(10-14)20-17(21)6-8-26-16/h2-5,7,10,12H,6,8-9,11H2,1H3,(H,19,22)(H,20,21)/t12-/m0/s1. The molecule has 2 aromatic rings. The van der Waals surface area contributed by atoms with Crippen molar-refractivity contribution in [3.8, 4) is 0 Å². The molecule has 0 saturated heterocycles. The van der Waals surface area contributed by atoms with Gasteiger partial charge < -0.3 is 10.6 Å². The Hall–Kier alpha value is -1.84. The molecule has 0 aliphatic carbocycles. The summed E-state index contributed by atoms with van der Waals surface area (Å²) in [6, 6.07) is 8.55. The summed E-state index contributed by atoms with van der Waals surface area (Å²) < 4.78 is 25.7. The average Bonchev–Trinajstić information content (AvgIpc) is 3.07. The summed E-state index contributed by atoms with van der Waals surface area (Å²) >= 11 is 3.05. The number of carbonyl (C=O) groups is 2. The van der Waals surface area contributed by atoms with E-state index in [2.05, 4.69) is 10.6 Å². The lowest BCUT2D eigenvalue weighted by Gasteiger charge is -2.15. The molecular weight excluding hydrogens is 404 g/mol. The van der Waals surface area contributed by atoms with Crippen molar-refractivity contribution in [2.75, 3.05) is 11.1 Å². The van der Waals surface area contributed by atoms with Gasteiger partial charge in [-0.15, -0.1) is 23.1 Å². The van der Waals surface area contributed by atoms with Crippen LogP contribution >= 0.6 is 23.1 Å². The molecule has 0 unspecified atom stereocenters. The lowest BCUT2D eigenvalue weighted by atomic mass is 10.3. The van der Waals surface area contributed by atoms with Crippen LogP contribution in [-0.2, 0) is 26.0 Å². The van der Waals surface area contributed by atoms with E-state index < -0.39 is 15.1 Å². The highest BCUT2D eigenvalue weighted by Gasteiger charge is 2.27. The molecule has 27 heavy (non-hydrogen) atoms. The van der Waals surface area contributed by atoms with Crippen LogP contribution in [0.5, 0.6) is 0 Å². The molecule has 6 nitrogen and oxygen atoms in total. The minimum absolute atomic E-state index is 0.114. The summed E-state index contributed by atoms with van der Waals surface area (Å²) in [5.74, 6) is 0.223. The first-order valence-corrected chi connectivity index (χ1v) is 11.9. The molecule has 1 aliphatic rings. The van der Waals surface area contributed by atoms with Crippen molar-refractivity contribution in [1.29, 1.82) is 0 Å². The summed E-state index contributed by atoms with van der Waals surface area (Å²) in [5, 5.41) is 6.55. The average molecular weight is 425 g/mol. The molecule has 2 heterocycles. The van der Waals surface area contributed by atoms with Gasteiger partial charge in [0.15, 0.2) is 9.84 Å². The van der Waals surface area contributed by atoms with Crippen molar-refractivity contribution in [2.24, 2.45) is 0 Å². The molecule has 0 bridgehead atoms. The summed E-state index contributed by atoms with van der Waals surface area (Å²) in [6.45, 7) is 1.92. The van der Waals surface area contributed by atoms with E-state index >= 15 is 0 Å². The molecule has 1 aromatic carbocycles. The molecule has 0 fully saturated rings. The fourth-order valence-corrected chi connectivity index (χ4v) is 5.61. The van der Waals surface area contributed by atoms with Crippen LogP contribution in [0.2, 0.25) is 0 Å². The summed E-state index contributed by atoms with van der Waals surface area (Å²) in [7, 11) is -3.69. The lowest BCUT2D eigenvalue weighted by Crippen LogP contribution is -2.29. The fraction of sp³-hybridized carbons (Fsp3) is 0.333. The predicted octanol–water partition coefficient (Wildman–Crippen LogP) is 3.05. The minimum atomic E-state index is -3.69. The van der Waals surface area contributed by atoms with Crippen LogP contribution in [0.4, 0.5) is 5.69 Å². The second-order valence-corrected chi connectivity index (χ2v) is 10.8. The van der Waals surface area contributed by atoms with E-state index in [0.29, 0.717) is 24.4 Å². The molecule has 0 spiro atoms. The molecule has 9 heteroatoms. The molecule has 1 atom stereocenters. The van der Waals surface area contributed by atoms with Gasteiger partial charge >= 0.3 is 0 Å². The van der Waals surface area contributed by atoms with Gasteiger partial charge in [-0.2, -0.15) is 0 Å². The van der Waals surface area contributed by atoms with Gasteiger partial charge in [-0.1, -0.05) is 6.07 Å². The Bertz CT molecular complexity index is 940. The third kappa shape index (κ3) is 4.91. The topological polar surface area (TPSA) is 92.3 Å². The monoisotopic (exact) mass is 424 g/mol. The number of sulfone groups is 1. The second kappa shape index (κ2) is 8.45. The molecule has 2 amide bonds. The van der Waals surface area contributed by atoms with Gasteiger partial charge in [-0.25, -0.2) is 8.42 Å². The summed E-state index contributed by atoms with van der Waals surface area (Å²) in [6.07, 6.45) is 0.272. The van der Waals surface area contributed by atoms with Gasteiger partial charge in [0.1, 0.15) is 0 Å². The number of hydrogen-bond donors (Lipinski definition) is 2. The third-order valence-corrected chi connectivity index (χ3v) is 8.27. The number of nitrogens with one attached hydrogen (secondary N) is 2. The quantitative estimate of drug-likeness (QED) is 0.744. The van der Waals surface area contributed by atoms with Crippen LogP contribution in [0.25, 0.3) is 0 Å². The van der Waals surface area contributed by atoms with Crippen molar-refractivity contribution in [3.63, 3.8) is 0 Å². The first-order chi connectivity index (χ1) is 12.9. The van der Waals surface area contributed by atoms with E-state index in [0.717, 1.165) is 9.77 Å². The Labute approximate surface area is 166 Å². The Morgan fingerprint density at radius 2 is 2.15 bits per heavy atom. The molecule has 3 rings (SSSR count). The van der Waals surface area contributed by atoms with Crippen LogP contribution < -0.4 is 10.6 Å². The Morgan fingerprint density at radius 3 is 2.89 bits per heavy atom. The molecule has 144 valence electrons. The van der Waals surface area contributed by atoms with Crippen molar-refractivity contribution >= 4 is 50.4 Å². The number of fused-ring (bicyclic) bond motifs is 1. The maximum atomic E-state index is 12.9. The summed E-state index contributed by atoms with van der Waals surface area (Å²) in [5.41, 5.74) is 0.512. The number of thiophene rings is 1. The predicted molar refractivity (Wildman–Crippen MR) is 108 cm³/mol. The zero-order valence-electron chi connectivity index (χ0n) is 14.7. The number of thioether (sulfide) groups is 1. The molecular formula is C18H20N2O4S3. The van der Waals surface area contributed by atoms with Crippen molar-refractivity contribution < 1.29 is 18.0 Å². The molecule has 1 aliphatic heterocycles. The van der Waals surface area contributed by atoms with E-state index in [1.165, 1.54) is 36.1 Å². The molecule has 2 N–H and O–H groups in total. The van der Waals surface area contributed by atoms with Crippen LogP contribution in [-0.4, -0.2) is 31.2 Å². The van der Waals surface area contributed by atoms with Crippen molar-refractivity contribution in [3.05, 3.63) is 40.6 Å². The number of hydrogen-bond acceptors (Lipinski definition) is 6. The van der Waals surface area contributed by atoms with Crippen LogP contribution in [0.1, 0.15) is 24.6 Å². The van der Waals surface area contributed by atoms with Crippen LogP contribution in [0.15, 0.2) is 45.5 Å². The first kappa shape index (κ1) is 19.9. The van der Waals surface area contributed by atoms with Gasteiger partial charge in [0.2, 0.25) is 11.8 Å². The van der Waals surface area contributed by atoms with Crippen LogP contribution in [0, 0.1) is 0 Å². The number of amides is 2. The number of anilines is 1. The lowest BCUT2D eigenvalue weighted by molar-refractivity contribution is -0.121. The van der Waals surface area contributed by atoms with Crippen molar-refractivity contribution in [1.82, 2.24) is 5.32 Å². The molecule has 0 saturated carbocycles. The maximum Gasteiger partial charge on any atom is 0.225 e. The highest BCUT2D eigenvalue weighted by atomic mass is 32.2. The van der Waals surface area contributed by atoms with E-state index in [-0.39, 0.29) is 23.1 Å². The van der Waals surface area contributed by atoms with E-state index in [1.54, 1.807) is 12.1 Å². The zero-order valence-corrected chi connectivity index (χ0v) is 17.2. The Morgan fingerprint density at radius 1 is 1.33 bits per heavy atom. The molecule has 0 radical (unpaired) electrons. The second-order valence-electron chi connectivity index (χ2n) is 6.22. The van der Waals surface area contributed by atoms with Gasteiger partial charge in [0.05, 0.1) is 22.4 Å². The van der Waals surface area contributed by atoms with Gasteiger partial charge in [-0.05, 0) is 36.6 Å². The smallest absolute Gasteiger partial charge is 0.225 e. The number of rotatable bonds is 6. The third-order valence-electron chi connectivity index (χ3n) is 4.18.